The van der Waals surface area contributed by atoms with E-state index < -0.39 is 11.7 Å². The molecule has 1 unspecified atom stereocenters. The van der Waals surface area contributed by atoms with Crippen molar-refractivity contribution in [2.45, 2.75) is 51.2 Å². The summed E-state index contributed by atoms with van der Waals surface area (Å²) in [5.41, 5.74) is 0.975. The fraction of sp³-hybridized carbons (Fsp3) is 0.500. The second kappa shape index (κ2) is 9.05. The molecule has 0 aliphatic carbocycles. The molecule has 1 fully saturated rings. The highest BCUT2D eigenvalue weighted by molar-refractivity contribution is 7.13. The molecule has 1 aromatic carbocycles. The molecule has 1 aliphatic heterocycles. The lowest BCUT2D eigenvalue weighted by atomic mass is 9.96. The van der Waals surface area contributed by atoms with Crippen LogP contribution >= 0.6 is 11.3 Å². The van der Waals surface area contributed by atoms with Gasteiger partial charge in [-0.05, 0) is 49.5 Å². The van der Waals surface area contributed by atoms with E-state index in [9.17, 15) is 18.0 Å². The first-order valence-corrected chi connectivity index (χ1v) is 10.3. The predicted molar refractivity (Wildman–Crippen MR) is 104 cm³/mol. The molecule has 1 amide bonds. The smallest absolute Gasteiger partial charge is 0.302 e. The Morgan fingerprint density at radius 1 is 1.21 bits per heavy atom. The molecule has 1 aromatic heterocycles. The van der Waals surface area contributed by atoms with Crippen LogP contribution in [-0.2, 0) is 17.5 Å². The molecule has 152 valence electrons. The highest BCUT2D eigenvalue weighted by Gasteiger charge is 2.30. The summed E-state index contributed by atoms with van der Waals surface area (Å²) in [6.45, 7) is 4.80. The lowest BCUT2D eigenvalue weighted by molar-refractivity contribution is -0.137. The molecule has 8 heteroatoms. The van der Waals surface area contributed by atoms with Crippen molar-refractivity contribution in [1.29, 1.82) is 0 Å². The van der Waals surface area contributed by atoms with Gasteiger partial charge >= 0.3 is 6.18 Å². The number of hydrogen-bond donors (Lipinski definition) is 1. The molecule has 1 N–H and O–H groups in total. The lowest BCUT2D eigenvalue weighted by Crippen LogP contribution is -2.29. The number of anilines is 1. The van der Waals surface area contributed by atoms with Crippen molar-refractivity contribution >= 4 is 22.4 Å². The number of alkyl halides is 3. The lowest BCUT2D eigenvalue weighted by Gasteiger charge is -2.25. The summed E-state index contributed by atoms with van der Waals surface area (Å²) in [7, 11) is 0. The summed E-state index contributed by atoms with van der Waals surface area (Å²) >= 11 is 1.40. The molecule has 2 aromatic rings. The Labute approximate surface area is 166 Å². The molecule has 1 aliphatic rings. The van der Waals surface area contributed by atoms with Crippen LogP contribution in [0.5, 0.6) is 0 Å². The molecule has 0 radical (unpaired) electrons. The number of halogens is 3. The number of nitrogens with zero attached hydrogens (tertiary/aromatic N) is 2. The van der Waals surface area contributed by atoms with Crippen molar-refractivity contribution < 1.29 is 18.0 Å². The summed E-state index contributed by atoms with van der Waals surface area (Å²) in [6.07, 6.45) is -0.445. The van der Waals surface area contributed by atoms with Gasteiger partial charge in [0.15, 0.2) is 5.13 Å². The molecule has 0 bridgehead atoms. The van der Waals surface area contributed by atoms with Gasteiger partial charge in [-0.1, -0.05) is 25.5 Å². The Morgan fingerprint density at radius 3 is 2.54 bits per heavy atom. The third-order valence-corrected chi connectivity index (χ3v) is 5.74. The fourth-order valence-corrected chi connectivity index (χ4v) is 4.07. The first-order chi connectivity index (χ1) is 13.3. The number of carbonyl (C=O) groups excluding carboxylic acids is 1. The first kappa shape index (κ1) is 20.8. The van der Waals surface area contributed by atoms with E-state index in [0.717, 1.165) is 37.5 Å². The molecular weight excluding hydrogens is 387 g/mol. The van der Waals surface area contributed by atoms with Crippen LogP contribution in [0.2, 0.25) is 0 Å². The SMILES string of the molecule is CC(CC(=O)Nc1nc(CN2CCCCC2)cs1)c1ccc(C(F)(F)F)cc1. The maximum absolute atomic E-state index is 12.7. The van der Waals surface area contributed by atoms with Gasteiger partial charge < -0.3 is 5.32 Å². The zero-order valence-electron chi connectivity index (χ0n) is 15.8. The van der Waals surface area contributed by atoms with Gasteiger partial charge in [0.25, 0.3) is 0 Å². The first-order valence-electron chi connectivity index (χ1n) is 9.45. The normalized spacial score (nSPS) is 16.7. The second-order valence-electron chi connectivity index (χ2n) is 7.25. The number of benzene rings is 1. The summed E-state index contributed by atoms with van der Waals surface area (Å²) in [6, 6.07) is 4.97. The minimum atomic E-state index is -4.35. The number of thiazole rings is 1. The van der Waals surface area contributed by atoms with E-state index in [0.29, 0.717) is 10.7 Å². The van der Waals surface area contributed by atoms with Crippen molar-refractivity contribution in [2.75, 3.05) is 18.4 Å². The van der Waals surface area contributed by atoms with Gasteiger partial charge in [-0.15, -0.1) is 11.3 Å². The third kappa shape index (κ3) is 5.78. The number of hydrogen-bond acceptors (Lipinski definition) is 4. The highest BCUT2D eigenvalue weighted by Crippen LogP contribution is 2.30. The zero-order chi connectivity index (χ0) is 20.1. The van der Waals surface area contributed by atoms with Crippen LogP contribution in [0, 0.1) is 0 Å². The molecule has 2 heterocycles. The van der Waals surface area contributed by atoms with Gasteiger partial charge in [0.05, 0.1) is 11.3 Å². The summed E-state index contributed by atoms with van der Waals surface area (Å²) in [4.78, 5) is 19.1. The van der Waals surface area contributed by atoms with E-state index in [1.165, 1.54) is 42.7 Å². The van der Waals surface area contributed by atoms with Gasteiger partial charge in [0.1, 0.15) is 0 Å². The van der Waals surface area contributed by atoms with E-state index in [4.69, 9.17) is 0 Å². The number of piperidine rings is 1. The van der Waals surface area contributed by atoms with Crippen LogP contribution in [0.4, 0.5) is 18.3 Å². The highest BCUT2D eigenvalue weighted by atomic mass is 32.1. The van der Waals surface area contributed by atoms with E-state index in [1.807, 2.05) is 12.3 Å². The quantitative estimate of drug-likeness (QED) is 0.703. The van der Waals surface area contributed by atoms with Crippen LogP contribution < -0.4 is 5.32 Å². The van der Waals surface area contributed by atoms with Crippen LogP contribution in [0.3, 0.4) is 0 Å². The standard InChI is InChI=1S/C20H24F3N3OS/c1-14(15-5-7-16(8-6-15)20(21,22)23)11-18(27)25-19-24-17(13-28-19)12-26-9-3-2-4-10-26/h5-8,13-14H,2-4,9-12H2,1H3,(H,24,25,27). The molecule has 1 saturated heterocycles. The second-order valence-corrected chi connectivity index (χ2v) is 8.11. The maximum Gasteiger partial charge on any atom is 0.416 e. The van der Waals surface area contributed by atoms with Gasteiger partial charge in [-0.25, -0.2) is 4.98 Å². The molecule has 3 rings (SSSR count). The molecule has 4 nitrogen and oxygen atoms in total. The van der Waals surface area contributed by atoms with E-state index in [-0.39, 0.29) is 18.2 Å². The van der Waals surface area contributed by atoms with Crippen molar-refractivity contribution in [3.63, 3.8) is 0 Å². The van der Waals surface area contributed by atoms with Gasteiger partial charge in [0.2, 0.25) is 5.91 Å². The van der Waals surface area contributed by atoms with Crippen LogP contribution in [-0.4, -0.2) is 28.9 Å². The Bertz CT molecular complexity index is 783. The topological polar surface area (TPSA) is 45.2 Å². The minimum absolute atomic E-state index is 0.185. The van der Waals surface area contributed by atoms with E-state index in [2.05, 4.69) is 15.2 Å². The Morgan fingerprint density at radius 2 is 1.89 bits per heavy atom. The molecule has 0 saturated carbocycles. The Balaban J connectivity index is 1.51. The molecular formula is C20H24F3N3OS. The fourth-order valence-electron chi connectivity index (χ4n) is 3.35. The number of rotatable bonds is 6. The number of nitrogens with one attached hydrogen (secondary N) is 1. The van der Waals surface area contributed by atoms with Crippen LogP contribution in [0.25, 0.3) is 0 Å². The molecule has 0 spiro atoms. The number of aromatic nitrogens is 1. The van der Waals surface area contributed by atoms with Crippen molar-refractivity contribution in [1.82, 2.24) is 9.88 Å². The Kier molecular flexibility index (Phi) is 6.72. The van der Waals surface area contributed by atoms with Gasteiger partial charge in [-0.3, -0.25) is 9.69 Å². The van der Waals surface area contributed by atoms with Crippen molar-refractivity contribution in [2.24, 2.45) is 0 Å². The van der Waals surface area contributed by atoms with Crippen molar-refractivity contribution in [3.8, 4) is 0 Å². The third-order valence-electron chi connectivity index (χ3n) is 4.93. The summed E-state index contributed by atoms with van der Waals surface area (Å²) < 4.78 is 38.0. The van der Waals surface area contributed by atoms with Crippen molar-refractivity contribution in [3.05, 3.63) is 46.5 Å². The predicted octanol–water partition coefficient (Wildman–Crippen LogP) is 5.28. The van der Waals surface area contributed by atoms with E-state index in [1.54, 1.807) is 0 Å². The van der Waals surface area contributed by atoms with Crippen LogP contribution in [0.15, 0.2) is 29.6 Å². The molecule has 28 heavy (non-hydrogen) atoms. The number of amides is 1. The summed E-state index contributed by atoms with van der Waals surface area (Å²) in [5.74, 6) is -0.374. The average molecular weight is 411 g/mol. The van der Waals surface area contributed by atoms with Crippen LogP contribution in [0.1, 0.15) is 55.3 Å². The minimum Gasteiger partial charge on any atom is -0.302 e. The maximum atomic E-state index is 12.7. The van der Waals surface area contributed by atoms with Gasteiger partial charge in [-0.2, -0.15) is 13.2 Å². The summed E-state index contributed by atoms with van der Waals surface area (Å²) in [5, 5.41) is 5.33. The largest absolute Gasteiger partial charge is 0.416 e. The average Bonchev–Trinajstić information content (AvgIpc) is 3.08. The molecule has 1 atom stereocenters. The Hall–Kier alpha value is -1.93. The number of likely N-dealkylation sites (tertiary alicyclic amines) is 1. The van der Waals surface area contributed by atoms with E-state index >= 15 is 0 Å². The van der Waals surface area contributed by atoms with Gasteiger partial charge in [0, 0.05) is 18.3 Å². The zero-order valence-corrected chi connectivity index (χ0v) is 16.6. The monoisotopic (exact) mass is 411 g/mol. The number of carbonyl (C=O) groups is 1.